The number of nitrogens with zero attached hydrogens (tertiary/aromatic N) is 3. The molecule has 6 heteroatoms. The van der Waals surface area contributed by atoms with Crippen LogP contribution in [0, 0.1) is 5.92 Å². The molecule has 0 spiro atoms. The second-order valence-corrected chi connectivity index (χ2v) is 5.58. The van der Waals surface area contributed by atoms with Crippen molar-refractivity contribution in [2.24, 2.45) is 5.92 Å². The molecule has 0 aliphatic carbocycles. The molecule has 1 fully saturated rings. The Labute approximate surface area is 131 Å². The van der Waals surface area contributed by atoms with Crippen molar-refractivity contribution >= 4 is 11.8 Å². The van der Waals surface area contributed by atoms with Crippen molar-refractivity contribution in [1.29, 1.82) is 0 Å². The van der Waals surface area contributed by atoms with Gasteiger partial charge < -0.3 is 14.5 Å². The summed E-state index contributed by atoms with van der Waals surface area (Å²) >= 11 is 0. The average Bonchev–Trinajstić information content (AvgIpc) is 2.54. The first-order valence-electron chi connectivity index (χ1n) is 7.53. The molecule has 0 saturated carbocycles. The predicted molar refractivity (Wildman–Crippen MR) is 81.9 cm³/mol. The first-order valence-corrected chi connectivity index (χ1v) is 7.53. The van der Waals surface area contributed by atoms with Crippen LogP contribution >= 0.6 is 0 Å². The third kappa shape index (κ3) is 4.27. The molecule has 6 nitrogen and oxygen atoms in total. The van der Waals surface area contributed by atoms with Gasteiger partial charge in [0.25, 0.3) is 0 Å². The van der Waals surface area contributed by atoms with Crippen molar-refractivity contribution in [3.05, 3.63) is 30.1 Å². The topological polar surface area (TPSA) is 62.7 Å². The minimum Gasteiger partial charge on any atom is -0.383 e. The number of likely N-dealkylation sites (tertiary alicyclic amines) is 1. The molecule has 1 aliphatic rings. The van der Waals surface area contributed by atoms with Crippen molar-refractivity contribution in [3.8, 4) is 0 Å². The summed E-state index contributed by atoms with van der Waals surface area (Å²) in [6.45, 7) is 2.06. The summed E-state index contributed by atoms with van der Waals surface area (Å²) in [4.78, 5) is 32.3. The minimum absolute atomic E-state index is 0.0177. The number of piperidine rings is 1. The van der Waals surface area contributed by atoms with Crippen LogP contribution in [0.4, 0.5) is 0 Å². The summed E-state index contributed by atoms with van der Waals surface area (Å²) in [5.74, 6) is -0.178. The molecule has 0 unspecified atom stereocenters. The number of ether oxygens (including phenoxy) is 1. The van der Waals surface area contributed by atoms with Gasteiger partial charge in [-0.15, -0.1) is 0 Å². The van der Waals surface area contributed by atoms with E-state index in [1.165, 1.54) is 0 Å². The zero-order valence-electron chi connectivity index (χ0n) is 13.2. The van der Waals surface area contributed by atoms with Gasteiger partial charge in [0.05, 0.1) is 18.8 Å². The fraction of sp³-hybridized carbons (Fsp3) is 0.562. The van der Waals surface area contributed by atoms with Crippen LogP contribution in [0.2, 0.25) is 0 Å². The highest BCUT2D eigenvalue weighted by molar-refractivity contribution is 5.86. The third-order valence-electron chi connectivity index (χ3n) is 3.96. The molecule has 22 heavy (non-hydrogen) atoms. The molecule has 1 saturated heterocycles. The summed E-state index contributed by atoms with van der Waals surface area (Å²) in [6.07, 6.45) is 2.72. The number of aromatic nitrogens is 1. The highest BCUT2D eigenvalue weighted by atomic mass is 16.5. The molecular weight excluding hydrogens is 282 g/mol. The molecule has 0 aromatic carbocycles. The predicted octanol–water partition coefficient (Wildman–Crippen LogP) is 0.925. The lowest BCUT2D eigenvalue weighted by Crippen LogP contribution is -2.44. The molecular formula is C16H23N3O3. The Balaban J connectivity index is 2.04. The SMILES string of the molecule is COCCN(Cc1ccccn1)C(=O)[C@H]1CCN(C)C(=O)C1. The first kappa shape index (κ1) is 16.4. The van der Waals surface area contributed by atoms with E-state index in [0.29, 0.717) is 39.1 Å². The van der Waals surface area contributed by atoms with Gasteiger partial charge in [-0.3, -0.25) is 14.6 Å². The highest BCUT2D eigenvalue weighted by Crippen LogP contribution is 2.20. The fourth-order valence-electron chi connectivity index (χ4n) is 2.57. The largest absolute Gasteiger partial charge is 0.383 e. The summed E-state index contributed by atoms with van der Waals surface area (Å²) in [5.41, 5.74) is 0.839. The van der Waals surface area contributed by atoms with Crippen LogP contribution in [-0.2, 0) is 20.9 Å². The summed E-state index contributed by atoms with van der Waals surface area (Å²) in [5, 5.41) is 0. The maximum atomic E-state index is 12.7. The van der Waals surface area contributed by atoms with Crippen molar-refractivity contribution in [1.82, 2.24) is 14.8 Å². The summed E-state index contributed by atoms with van der Waals surface area (Å²) in [7, 11) is 3.39. The zero-order valence-corrected chi connectivity index (χ0v) is 13.2. The number of carbonyl (C=O) groups is 2. The first-order chi connectivity index (χ1) is 10.6. The average molecular weight is 305 g/mol. The Hall–Kier alpha value is -1.95. The van der Waals surface area contributed by atoms with Crippen LogP contribution in [0.25, 0.3) is 0 Å². The van der Waals surface area contributed by atoms with Gasteiger partial charge in [0.1, 0.15) is 0 Å². The molecule has 2 amide bonds. The number of methoxy groups -OCH3 is 1. The van der Waals surface area contributed by atoms with Crippen molar-refractivity contribution in [2.45, 2.75) is 19.4 Å². The van der Waals surface area contributed by atoms with E-state index in [0.717, 1.165) is 5.69 Å². The molecule has 1 aliphatic heterocycles. The van der Waals surface area contributed by atoms with E-state index >= 15 is 0 Å². The van der Waals surface area contributed by atoms with E-state index in [1.807, 2.05) is 18.2 Å². The molecule has 1 aromatic heterocycles. The van der Waals surface area contributed by atoms with Gasteiger partial charge in [0, 0.05) is 45.8 Å². The summed E-state index contributed by atoms with van der Waals surface area (Å²) in [6, 6.07) is 5.65. The van der Waals surface area contributed by atoms with E-state index in [-0.39, 0.29) is 17.7 Å². The molecule has 1 atom stereocenters. The molecule has 0 bridgehead atoms. The summed E-state index contributed by atoms with van der Waals surface area (Å²) < 4.78 is 5.10. The molecule has 0 N–H and O–H groups in total. The lowest BCUT2D eigenvalue weighted by atomic mass is 9.95. The number of pyridine rings is 1. The van der Waals surface area contributed by atoms with Crippen molar-refractivity contribution in [3.63, 3.8) is 0 Å². The highest BCUT2D eigenvalue weighted by Gasteiger charge is 2.31. The number of carbonyl (C=O) groups excluding carboxylic acids is 2. The molecule has 0 radical (unpaired) electrons. The maximum Gasteiger partial charge on any atom is 0.226 e. The van der Waals surface area contributed by atoms with E-state index < -0.39 is 0 Å². The number of rotatable bonds is 6. The normalized spacial score (nSPS) is 18.4. The van der Waals surface area contributed by atoms with E-state index in [2.05, 4.69) is 4.98 Å². The van der Waals surface area contributed by atoms with Crippen LogP contribution in [0.3, 0.4) is 0 Å². The smallest absolute Gasteiger partial charge is 0.226 e. The lowest BCUT2D eigenvalue weighted by molar-refractivity contribution is -0.145. The van der Waals surface area contributed by atoms with Crippen LogP contribution in [0.1, 0.15) is 18.5 Å². The Morgan fingerprint density at radius 2 is 2.32 bits per heavy atom. The molecule has 120 valence electrons. The molecule has 2 heterocycles. The van der Waals surface area contributed by atoms with Crippen LogP contribution < -0.4 is 0 Å². The van der Waals surface area contributed by atoms with Gasteiger partial charge >= 0.3 is 0 Å². The number of amides is 2. The Morgan fingerprint density at radius 3 is 2.95 bits per heavy atom. The molecule has 2 rings (SSSR count). The van der Waals surface area contributed by atoms with Crippen LogP contribution in [0.5, 0.6) is 0 Å². The fourth-order valence-corrected chi connectivity index (χ4v) is 2.57. The van der Waals surface area contributed by atoms with E-state index in [4.69, 9.17) is 4.74 Å². The third-order valence-corrected chi connectivity index (χ3v) is 3.96. The number of hydrogen-bond acceptors (Lipinski definition) is 4. The van der Waals surface area contributed by atoms with Crippen LogP contribution in [0.15, 0.2) is 24.4 Å². The second-order valence-electron chi connectivity index (χ2n) is 5.58. The maximum absolute atomic E-state index is 12.7. The Bertz CT molecular complexity index is 507. The van der Waals surface area contributed by atoms with Crippen LogP contribution in [-0.4, -0.2) is 60.5 Å². The van der Waals surface area contributed by atoms with Gasteiger partial charge in [-0.2, -0.15) is 0 Å². The van der Waals surface area contributed by atoms with E-state index in [1.54, 1.807) is 30.2 Å². The standard InChI is InChI=1S/C16H23N3O3/c1-18-8-6-13(11-15(18)20)16(21)19(9-10-22-2)12-14-5-3-4-7-17-14/h3-5,7,13H,6,8-12H2,1-2H3/t13-/m0/s1. The zero-order chi connectivity index (χ0) is 15.9. The van der Waals surface area contributed by atoms with Gasteiger partial charge in [0.15, 0.2) is 0 Å². The monoisotopic (exact) mass is 305 g/mol. The Morgan fingerprint density at radius 1 is 1.50 bits per heavy atom. The second kappa shape index (κ2) is 7.89. The van der Waals surface area contributed by atoms with Gasteiger partial charge in [-0.05, 0) is 18.6 Å². The van der Waals surface area contributed by atoms with Gasteiger partial charge in [0.2, 0.25) is 11.8 Å². The minimum atomic E-state index is -0.232. The van der Waals surface area contributed by atoms with E-state index in [9.17, 15) is 9.59 Å². The molecule has 1 aromatic rings. The van der Waals surface area contributed by atoms with Crippen molar-refractivity contribution in [2.75, 3.05) is 33.9 Å². The quantitative estimate of drug-likeness (QED) is 0.784. The van der Waals surface area contributed by atoms with Gasteiger partial charge in [-0.1, -0.05) is 6.07 Å². The lowest BCUT2D eigenvalue weighted by Gasteiger charge is -2.32. The van der Waals surface area contributed by atoms with Gasteiger partial charge in [-0.25, -0.2) is 0 Å². The van der Waals surface area contributed by atoms with Crippen molar-refractivity contribution < 1.29 is 14.3 Å². The number of hydrogen-bond donors (Lipinski definition) is 0. The Kier molecular flexibility index (Phi) is 5.89.